The Labute approximate surface area is 141 Å². The molecule has 24 heavy (non-hydrogen) atoms. The zero-order valence-corrected chi connectivity index (χ0v) is 13.9. The minimum Gasteiger partial charge on any atom is -0.388 e. The van der Waals surface area contributed by atoms with Crippen LogP contribution in [0.25, 0.3) is 0 Å². The lowest BCUT2D eigenvalue weighted by Gasteiger charge is -2.18. The van der Waals surface area contributed by atoms with Crippen molar-refractivity contribution in [3.8, 4) is 0 Å². The number of hydrogen-bond donors (Lipinski definition) is 3. The molecule has 5 heteroatoms. The summed E-state index contributed by atoms with van der Waals surface area (Å²) in [6, 6.07) is 13.4. The van der Waals surface area contributed by atoms with E-state index in [-0.39, 0.29) is 17.8 Å². The number of carbonyl (C=O) groups excluding carboxylic acids is 1. The Hall–Kier alpha value is -2.24. The first-order valence-corrected chi connectivity index (χ1v) is 7.97. The number of aliphatic hydroxyl groups excluding tert-OH is 1. The van der Waals surface area contributed by atoms with Crippen molar-refractivity contribution < 1.29 is 14.3 Å². The van der Waals surface area contributed by atoms with Gasteiger partial charge in [0, 0.05) is 25.2 Å². The summed E-state index contributed by atoms with van der Waals surface area (Å²) in [6.07, 6.45) is -0.106. The maximum Gasteiger partial charge on any atom is 0.251 e. The molecule has 0 aliphatic heterocycles. The van der Waals surface area contributed by atoms with Gasteiger partial charge in [-0.1, -0.05) is 24.3 Å². The van der Waals surface area contributed by atoms with E-state index in [1.807, 2.05) is 19.1 Å². The molecule has 0 aliphatic carbocycles. The molecule has 1 amide bonds. The van der Waals surface area contributed by atoms with Crippen LogP contribution in [0.15, 0.2) is 48.5 Å². The highest BCUT2D eigenvalue weighted by Crippen LogP contribution is 2.18. The van der Waals surface area contributed by atoms with Gasteiger partial charge in [-0.15, -0.1) is 0 Å². The molecule has 3 N–H and O–H groups in total. The molecule has 2 aromatic rings. The summed E-state index contributed by atoms with van der Waals surface area (Å²) in [4.78, 5) is 11.5. The summed E-state index contributed by atoms with van der Waals surface area (Å²) in [6.45, 7) is 2.64. The fourth-order valence-electron chi connectivity index (χ4n) is 2.45. The topological polar surface area (TPSA) is 61.4 Å². The van der Waals surface area contributed by atoms with Gasteiger partial charge in [0.2, 0.25) is 0 Å². The smallest absolute Gasteiger partial charge is 0.251 e. The lowest BCUT2D eigenvalue weighted by Crippen LogP contribution is -2.27. The Morgan fingerprint density at radius 2 is 1.75 bits per heavy atom. The van der Waals surface area contributed by atoms with E-state index in [0.29, 0.717) is 24.1 Å². The van der Waals surface area contributed by atoms with Gasteiger partial charge in [-0.3, -0.25) is 4.79 Å². The van der Waals surface area contributed by atoms with Crippen LogP contribution in [0, 0.1) is 5.82 Å². The van der Waals surface area contributed by atoms with Crippen molar-refractivity contribution >= 4 is 5.91 Å². The first kappa shape index (κ1) is 18.1. The molecule has 128 valence electrons. The third kappa shape index (κ3) is 5.15. The molecular formula is C19H23FN2O2. The third-order valence-electron chi connectivity index (χ3n) is 3.93. The molecule has 0 bridgehead atoms. The summed E-state index contributed by atoms with van der Waals surface area (Å²) in [5, 5.41) is 16.1. The van der Waals surface area contributed by atoms with E-state index in [4.69, 9.17) is 0 Å². The van der Waals surface area contributed by atoms with Crippen LogP contribution in [0.5, 0.6) is 0 Å². The van der Waals surface area contributed by atoms with E-state index in [0.717, 1.165) is 5.56 Å². The van der Waals surface area contributed by atoms with E-state index in [1.54, 1.807) is 31.3 Å². The van der Waals surface area contributed by atoms with Crippen molar-refractivity contribution in [3.05, 3.63) is 71.0 Å². The molecule has 0 aliphatic rings. The number of nitrogens with one attached hydrogen (secondary N) is 2. The lowest BCUT2D eigenvalue weighted by molar-refractivity contribution is 0.0963. The highest BCUT2D eigenvalue weighted by atomic mass is 19.1. The van der Waals surface area contributed by atoms with Crippen molar-refractivity contribution in [3.63, 3.8) is 0 Å². The van der Waals surface area contributed by atoms with E-state index < -0.39 is 6.10 Å². The van der Waals surface area contributed by atoms with Gasteiger partial charge < -0.3 is 15.7 Å². The van der Waals surface area contributed by atoms with Gasteiger partial charge in [0.1, 0.15) is 5.82 Å². The zero-order valence-electron chi connectivity index (χ0n) is 13.9. The number of carbonyl (C=O) groups is 1. The van der Waals surface area contributed by atoms with E-state index >= 15 is 0 Å². The lowest BCUT2D eigenvalue weighted by atomic mass is 10.0. The van der Waals surface area contributed by atoms with Crippen LogP contribution < -0.4 is 10.6 Å². The average Bonchev–Trinajstić information content (AvgIpc) is 2.60. The zero-order chi connectivity index (χ0) is 17.5. The molecule has 0 fully saturated rings. The van der Waals surface area contributed by atoms with E-state index in [1.165, 1.54) is 12.1 Å². The highest BCUT2D eigenvalue weighted by Gasteiger charge is 2.12. The molecular weight excluding hydrogens is 307 g/mol. The number of benzene rings is 2. The fourth-order valence-corrected chi connectivity index (χ4v) is 2.45. The largest absolute Gasteiger partial charge is 0.388 e. The molecule has 0 heterocycles. The van der Waals surface area contributed by atoms with Crippen LogP contribution in [0.4, 0.5) is 4.39 Å². The Kier molecular flexibility index (Phi) is 6.46. The Morgan fingerprint density at radius 3 is 2.33 bits per heavy atom. The SMILES string of the molecule is CNC(=O)c1ccc(CNC(C)CC(O)c2ccc(F)cc2)cc1. The molecule has 2 rings (SSSR count). The second-order valence-corrected chi connectivity index (χ2v) is 5.86. The second kappa shape index (κ2) is 8.57. The van der Waals surface area contributed by atoms with Crippen LogP contribution in [0.1, 0.15) is 40.9 Å². The van der Waals surface area contributed by atoms with Crippen molar-refractivity contribution in [1.82, 2.24) is 10.6 Å². The van der Waals surface area contributed by atoms with Crippen LogP contribution in [0.3, 0.4) is 0 Å². The quantitative estimate of drug-likeness (QED) is 0.731. The minimum atomic E-state index is -0.635. The Morgan fingerprint density at radius 1 is 1.12 bits per heavy atom. The molecule has 0 aromatic heterocycles. The predicted molar refractivity (Wildman–Crippen MR) is 92.1 cm³/mol. The van der Waals surface area contributed by atoms with Crippen LogP contribution in [0.2, 0.25) is 0 Å². The van der Waals surface area contributed by atoms with Gasteiger partial charge in [-0.2, -0.15) is 0 Å². The second-order valence-electron chi connectivity index (χ2n) is 5.86. The molecule has 2 atom stereocenters. The van der Waals surface area contributed by atoms with E-state index in [2.05, 4.69) is 10.6 Å². The van der Waals surface area contributed by atoms with Gasteiger partial charge in [0.15, 0.2) is 0 Å². The third-order valence-corrected chi connectivity index (χ3v) is 3.93. The average molecular weight is 330 g/mol. The highest BCUT2D eigenvalue weighted by molar-refractivity contribution is 5.93. The number of rotatable bonds is 7. The normalized spacial score (nSPS) is 13.3. The van der Waals surface area contributed by atoms with Gasteiger partial charge in [0.05, 0.1) is 6.10 Å². The minimum absolute atomic E-state index is 0.0867. The number of halogens is 1. The van der Waals surface area contributed by atoms with Crippen LogP contribution in [-0.2, 0) is 6.54 Å². The van der Waals surface area contributed by atoms with Crippen molar-refractivity contribution in [2.24, 2.45) is 0 Å². The summed E-state index contributed by atoms with van der Waals surface area (Å²) in [7, 11) is 1.60. The Bertz CT molecular complexity index is 656. The van der Waals surface area contributed by atoms with Crippen LogP contribution >= 0.6 is 0 Å². The molecule has 0 saturated carbocycles. The number of amides is 1. The summed E-state index contributed by atoms with van der Waals surface area (Å²) in [5.41, 5.74) is 2.40. The molecule has 0 spiro atoms. The van der Waals surface area contributed by atoms with Gasteiger partial charge in [-0.05, 0) is 48.7 Å². The molecule has 0 saturated heterocycles. The van der Waals surface area contributed by atoms with Gasteiger partial charge in [0.25, 0.3) is 5.91 Å². The first-order valence-electron chi connectivity index (χ1n) is 7.97. The van der Waals surface area contributed by atoms with Gasteiger partial charge >= 0.3 is 0 Å². The van der Waals surface area contributed by atoms with Crippen molar-refractivity contribution in [2.75, 3.05) is 7.05 Å². The maximum absolute atomic E-state index is 12.9. The van der Waals surface area contributed by atoms with Crippen LogP contribution in [-0.4, -0.2) is 24.1 Å². The standard InChI is InChI=1S/C19H23FN2O2/c1-13(11-18(23)15-7-9-17(20)10-8-15)22-12-14-3-5-16(6-4-14)19(24)21-2/h3-10,13,18,22-23H,11-12H2,1-2H3,(H,21,24). The molecule has 4 nitrogen and oxygen atoms in total. The van der Waals surface area contributed by atoms with Crippen molar-refractivity contribution in [1.29, 1.82) is 0 Å². The number of hydrogen-bond acceptors (Lipinski definition) is 3. The van der Waals surface area contributed by atoms with Crippen molar-refractivity contribution in [2.45, 2.75) is 32.0 Å². The fraction of sp³-hybridized carbons (Fsp3) is 0.316. The van der Waals surface area contributed by atoms with Gasteiger partial charge in [-0.25, -0.2) is 4.39 Å². The molecule has 2 aromatic carbocycles. The predicted octanol–water partition coefficient (Wildman–Crippen LogP) is 2.79. The first-order chi connectivity index (χ1) is 11.5. The summed E-state index contributed by atoms with van der Waals surface area (Å²) in [5.74, 6) is -0.414. The Balaban J connectivity index is 1.83. The monoisotopic (exact) mass is 330 g/mol. The van der Waals surface area contributed by atoms with E-state index in [9.17, 15) is 14.3 Å². The molecule has 2 unspecified atom stereocenters. The summed E-state index contributed by atoms with van der Waals surface area (Å²) < 4.78 is 12.9. The summed E-state index contributed by atoms with van der Waals surface area (Å²) >= 11 is 0. The number of aliphatic hydroxyl groups is 1. The maximum atomic E-state index is 12.9. The molecule has 0 radical (unpaired) electrons.